The number of likely N-dealkylation sites (N-methyl/N-ethyl adjacent to an activating group) is 1. The third kappa shape index (κ3) is 25.8. The van der Waals surface area contributed by atoms with Crippen molar-refractivity contribution in [2.24, 2.45) is 0 Å². The number of nitrogens with zero attached hydrogens (tertiary/aromatic N) is 1. The van der Waals surface area contributed by atoms with Crippen molar-refractivity contribution < 1.29 is 31.2 Å². The van der Waals surface area contributed by atoms with Crippen LogP contribution in [0.2, 0.25) is 0 Å². The number of rotatable bonds is 23. The smallest absolute Gasteiger partial charge is 0.305 e. The number of hydrogen-bond acceptors (Lipinski definition) is 3. The summed E-state index contributed by atoms with van der Waals surface area (Å²) in [7, 11) is 4.28. The zero-order chi connectivity index (χ0) is 22.3. The highest BCUT2D eigenvalue weighted by atomic mass is 35.5. The first-order valence-corrected chi connectivity index (χ1v) is 13.1. The molecule has 0 N–H and O–H groups in total. The molecular weight excluding hydrogens is 410 g/mol. The lowest BCUT2D eigenvalue weighted by atomic mass is 10.1. The molecule has 0 fully saturated rings. The normalized spacial score (nSPS) is 11.4. The van der Waals surface area contributed by atoms with Gasteiger partial charge in [0, 0.05) is 6.42 Å². The summed E-state index contributed by atoms with van der Waals surface area (Å²) in [6.07, 6.45) is 21.2. The molecule has 0 rings (SSSR count). The lowest BCUT2D eigenvalue weighted by molar-refractivity contribution is -0.909. The van der Waals surface area contributed by atoms with Crippen LogP contribution in [0.4, 0.5) is 0 Å². The maximum Gasteiger partial charge on any atom is 0.305 e. The molecule has 0 unspecified atom stereocenters. The van der Waals surface area contributed by atoms with Crippen molar-refractivity contribution >= 4 is 5.97 Å². The molecule has 0 aliphatic carbocycles. The molecule has 31 heavy (non-hydrogen) atoms. The SMILES string of the molecule is CCCCCCCCCCCOC[N+](C)(C)CCOC(=O)CCCCCCCCC.[Cl-]. The van der Waals surface area contributed by atoms with E-state index in [4.69, 9.17) is 9.47 Å². The molecule has 0 aromatic heterocycles. The van der Waals surface area contributed by atoms with Crippen molar-refractivity contribution in [2.75, 3.05) is 40.6 Å². The Morgan fingerprint density at radius 2 is 1.10 bits per heavy atom. The molecule has 0 saturated heterocycles. The van der Waals surface area contributed by atoms with Crippen molar-refractivity contribution in [1.82, 2.24) is 0 Å². The van der Waals surface area contributed by atoms with Crippen LogP contribution in [0.15, 0.2) is 0 Å². The maximum absolute atomic E-state index is 11.9. The Labute approximate surface area is 200 Å². The number of quaternary nitrogens is 1. The average Bonchev–Trinajstić information content (AvgIpc) is 2.71. The van der Waals surface area contributed by atoms with Gasteiger partial charge >= 0.3 is 5.97 Å². The molecule has 0 saturated carbocycles. The van der Waals surface area contributed by atoms with E-state index >= 15 is 0 Å². The largest absolute Gasteiger partial charge is 1.00 e. The fourth-order valence-corrected chi connectivity index (χ4v) is 3.60. The van der Waals surface area contributed by atoms with Gasteiger partial charge in [0.15, 0.2) is 6.73 Å². The summed E-state index contributed by atoms with van der Waals surface area (Å²) in [5.41, 5.74) is 0. The standard InChI is InChI=1S/C26H54NO3.ClH/c1-5-7-9-11-13-14-16-18-20-23-29-25-27(3,4)22-24-30-26(28)21-19-17-15-12-10-8-6-2;/h5-25H2,1-4H3;1H/q+1;/p-1. The number of esters is 1. The third-order valence-corrected chi connectivity index (χ3v) is 5.78. The lowest BCUT2D eigenvalue weighted by Crippen LogP contribution is -3.00. The van der Waals surface area contributed by atoms with Gasteiger partial charge in [-0.3, -0.25) is 4.79 Å². The predicted octanol–water partition coefficient (Wildman–Crippen LogP) is 4.26. The molecule has 4 nitrogen and oxygen atoms in total. The molecule has 0 atom stereocenters. The summed E-state index contributed by atoms with van der Waals surface area (Å²) in [6.45, 7) is 7.33. The summed E-state index contributed by atoms with van der Waals surface area (Å²) in [4.78, 5) is 11.9. The number of unbranched alkanes of at least 4 members (excludes halogenated alkanes) is 14. The van der Waals surface area contributed by atoms with E-state index in [0.29, 0.717) is 19.8 Å². The van der Waals surface area contributed by atoms with Gasteiger partial charge in [-0.1, -0.05) is 104 Å². The number of halogens is 1. The highest BCUT2D eigenvalue weighted by Gasteiger charge is 2.16. The molecule has 0 radical (unpaired) electrons. The van der Waals surface area contributed by atoms with Crippen LogP contribution in [0, 0.1) is 0 Å². The van der Waals surface area contributed by atoms with E-state index in [2.05, 4.69) is 27.9 Å². The van der Waals surface area contributed by atoms with Crippen LogP contribution >= 0.6 is 0 Å². The van der Waals surface area contributed by atoms with Crippen LogP contribution in [0.3, 0.4) is 0 Å². The zero-order valence-corrected chi connectivity index (χ0v) is 22.2. The fourth-order valence-electron chi connectivity index (χ4n) is 3.60. The van der Waals surface area contributed by atoms with Gasteiger partial charge in [-0.05, 0) is 12.8 Å². The van der Waals surface area contributed by atoms with E-state index in [1.165, 1.54) is 83.5 Å². The predicted molar refractivity (Wildman–Crippen MR) is 129 cm³/mol. The molecule has 0 aromatic rings. The van der Waals surface area contributed by atoms with Crippen LogP contribution in [0.25, 0.3) is 0 Å². The Hall–Kier alpha value is -0.320. The number of carbonyl (C=O) groups is 1. The van der Waals surface area contributed by atoms with Gasteiger partial charge in [-0.2, -0.15) is 0 Å². The second-order valence-corrected chi connectivity index (χ2v) is 9.62. The van der Waals surface area contributed by atoms with Crippen molar-refractivity contribution in [3.05, 3.63) is 0 Å². The summed E-state index contributed by atoms with van der Waals surface area (Å²) in [5.74, 6) is -0.0424. The molecule has 0 bridgehead atoms. The number of ether oxygens (including phenoxy) is 2. The van der Waals surface area contributed by atoms with Crippen LogP contribution in [0.5, 0.6) is 0 Å². The first kappa shape index (κ1) is 32.9. The Kier molecular flexibility index (Phi) is 25.8. The van der Waals surface area contributed by atoms with E-state index in [-0.39, 0.29) is 18.4 Å². The highest BCUT2D eigenvalue weighted by Crippen LogP contribution is 2.10. The topological polar surface area (TPSA) is 35.5 Å². The molecule has 0 aromatic carbocycles. The van der Waals surface area contributed by atoms with Crippen molar-refractivity contribution in [3.63, 3.8) is 0 Å². The van der Waals surface area contributed by atoms with E-state index in [9.17, 15) is 4.79 Å². The van der Waals surface area contributed by atoms with Crippen molar-refractivity contribution in [3.8, 4) is 0 Å². The van der Waals surface area contributed by atoms with Gasteiger partial charge in [0.1, 0.15) is 13.2 Å². The van der Waals surface area contributed by atoms with Crippen molar-refractivity contribution in [2.45, 2.75) is 123 Å². The average molecular weight is 464 g/mol. The van der Waals surface area contributed by atoms with Gasteiger partial charge in [-0.25, -0.2) is 0 Å². The van der Waals surface area contributed by atoms with Crippen LogP contribution in [0.1, 0.15) is 123 Å². The molecule has 0 spiro atoms. The van der Waals surface area contributed by atoms with Crippen molar-refractivity contribution in [1.29, 1.82) is 0 Å². The summed E-state index contributed by atoms with van der Waals surface area (Å²) >= 11 is 0. The summed E-state index contributed by atoms with van der Waals surface area (Å²) in [5, 5.41) is 0. The third-order valence-electron chi connectivity index (χ3n) is 5.78. The minimum atomic E-state index is -0.0424. The van der Waals surface area contributed by atoms with E-state index in [0.717, 1.165) is 36.9 Å². The van der Waals surface area contributed by atoms with Gasteiger partial charge in [-0.15, -0.1) is 0 Å². The Bertz CT molecular complexity index is 378. The second-order valence-electron chi connectivity index (χ2n) is 9.62. The first-order chi connectivity index (χ1) is 14.5. The van der Waals surface area contributed by atoms with E-state index < -0.39 is 0 Å². The first-order valence-electron chi connectivity index (χ1n) is 13.1. The van der Waals surface area contributed by atoms with E-state index in [1.54, 1.807) is 0 Å². The fraction of sp³-hybridized carbons (Fsp3) is 0.962. The zero-order valence-electron chi connectivity index (χ0n) is 21.4. The maximum atomic E-state index is 11.9. The second kappa shape index (κ2) is 24.3. The van der Waals surface area contributed by atoms with E-state index in [1.807, 2.05) is 0 Å². The summed E-state index contributed by atoms with van der Waals surface area (Å²) < 4.78 is 12.0. The Morgan fingerprint density at radius 3 is 1.61 bits per heavy atom. The van der Waals surface area contributed by atoms with Gasteiger partial charge < -0.3 is 26.4 Å². The number of carbonyl (C=O) groups excluding carboxylic acids is 1. The van der Waals surface area contributed by atoms with Crippen LogP contribution in [-0.2, 0) is 14.3 Å². The Balaban J connectivity index is 0. The van der Waals surface area contributed by atoms with Gasteiger partial charge in [0.05, 0.1) is 20.7 Å². The minimum Gasteiger partial charge on any atom is -1.00 e. The number of hydrogen-bond donors (Lipinski definition) is 0. The molecule has 0 amide bonds. The molecule has 188 valence electrons. The monoisotopic (exact) mass is 463 g/mol. The molecule has 0 heterocycles. The van der Waals surface area contributed by atoms with Gasteiger partial charge in [0.25, 0.3) is 0 Å². The van der Waals surface area contributed by atoms with Crippen LogP contribution in [-0.4, -0.2) is 51.0 Å². The van der Waals surface area contributed by atoms with Crippen LogP contribution < -0.4 is 12.4 Å². The molecule has 5 heteroatoms. The molecule has 0 aliphatic heterocycles. The minimum absolute atomic E-state index is 0. The van der Waals surface area contributed by atoms with Gasteiger partial charge in [0.2, 0.25) is 0 Å². The lowest BCUT2D eigenvalue weighted by Gasteiger charge is -2.28. The molecular formula is C26H54ClNO3. The Morgan fingerprint density at radius 1 is 0.645 bits per heavy atom. The highest BCUT2D eigenvalue weighted by molar-refractivity contribution is 5.69. The molecule has 0 aliphatic rings. The summed E-state index contributed by atoms with van der Waals surface area (Å²) in [6, 6.07) is 0. The quantitative estimate of drug-likeness (QED) is 0.0982.